The van der Waals surface area contributed by atoms with Crippen molar-refractivity contribution in [3.8, 4) is 0 Å². The molecule has 0 aliphatic carbocycles. The Morgan fingerprint density at radius 2 is 1.72 bits per heavy atom. The Labute approximate surface area is 183 Å². The summed E-state index contributed by atoms with van der Waals surface area (Å²) in [5, 5.41) is 1.02. The average molecular weight is 411 g/mol. The van der Waals surface area contributed by atoms with Crippen molar-refractivity contribution >= 4 is 14.8 Å². The van der Waals surface area contributed by atoms with Crippen molar-refractivity contribution in [3.63, 3.8) is 0 Å². The lowest BCUT2D eigenvalue weighted by atomic mass is 9.85. The van der Waals surface area contributed by atoms with Crippen molar-refractivity contribution in [1.29, 1.82) is 0 Å². The molecule has 0 aliphatic heterocycles. The topological polar surface area (TPSA) is 0 Å². The molecule has 2 unspecified atom stereocenters. The molecule has 29 heavy (non-hydrogen) atoms. The third kappa shape index (κ3) is 9.31. The molecule has 0 heterocycles. The first-order valence-corrected chi connectivity index (χ1v) is 12.0. The maximum atomic E-state index is 4.39. The summed E-state index contributed by atoms with van der Waals surface area (Å²) in [5.41, 5.74) is 8.29. The minimum Gasteiger partial charge on any atom is -0.106 e. The van der Waals surface area contributed by atoms with Gasteiger partial charge in [-0.1, -0.05) is 77.1 Å². The average Bonchev–Trinajstić information content (AvgIpc) is 2.66. The Morgan fingerprint density at radius 1 is 1.00 bits per heavy atom. The first kappa shape index (κ1) is 25.6. The van der Waals surface area contributed by atoms with E-state index in [-0.39, 0.29) is 0 Å². The summed E-state index contributed by atoms with van der Waals surface area (Å²) in [7, 11) is 2.66. The minimum atomic E-state index is 0.739. The molecule has 0 radical (unpaired) electrons. The molecule has 0 bridgehead atoms. The van der Waals surface area contributed by atoms with Crippen molar-refractivity contribution in [2.75, 3.05) is 0 Å². The lowest BCUT2D eigenvalue weighted by Gasteiger charge is -2.20. The molecule has 1 rings (SSSR count). The summed E-state index contributed by atoms with van der Waals surface area (Å²) in [4.78, 5) is 0. The van der Waals surface area contributed by atoms with Gasteiger partial charge in [0.15, 0.2) is 0 Å². The minimum absolute atomic E-state index is 0.739. The van der Waals surface area contributed by atoms with Crippen molar-refractivity contribution < 1.29 is 0 Å². The summed E-state index contributed by atoms with van der Waals surface area (Å²) in [6, 6.07) is 4.81. The predicted molar refractivity (Wildman–Crippen MR) is 138 cm³/mol. The molecule has 0 amide bonds. The predicted octanol–water partition coefficient (Wildman–Crippen LogP) is 9.14. The Bertz CT molecular complexity index is 720. The molecule has 1 aromatic rings. The highest BCUT2D eigenvalue weighted by Gasteiger charge is 2.13. The normalized spacial score (nSPS) is 12.7. The molecule has 2 atom stereocenters. The van der Waals surface area contributed by atoms with Gasteiger partial charge in [-0.2, -0.15) is 0 Å². The van der Waals surface area contributed by atoms with Crippen LogP contribution in [0.2, 0.25) is 0 Å². The zero-order valence-electron chi connectivity index (χ0n) is 19.4. The van der Waals surface area contributed by atoms with E-state index in [2.05, 4.69) is 74.9 Å². The van der Waals surface area contributed by atoms with Crippen LogP contribution < -0.4 is 0 Å². The number of benzene rings is 1. The second kappa shape index (κ2) is 13.8. The standard InChI is InChI=1S/C28H43P/c1-8-11-14-21(4)28-20-27(22(5)17-23(28)6)19-26(13-9-2)16-12-15-25(10-3)18-24(7)29/h10,17-18,20,26H,3-4,7-9,11-16,19,29H2,1-2,5-6H3/b25-18+. The third-order valence-corrected chi connectivity index (χ3v) is 5.98. The van der Waals surface area contributed by atoms with Crippen LogP contribution in [0, 0.1) is 19.8 Å². The summed E-state index contributed by atoms with van der Waals surface area (Å²) in [6.45, 7) is 21.4. The Kier molecular flexibility index (Phi) is 12.2. The molecule has 0 aromatic heterocycles. The van der Waals surface area contributed by atoms with Crippen LogP contribution >= 0.6 is 9.24 Å². The molecule has 0 saturated carbocycles. The second-order valence-electron chi connectivity index (χ2n) is 8.55. The van der Waals surface area contributed by atoms with Gasteiger partial charge in [0.1, 0.15) is 0 Å². The maximum absolute atomic E-state index is 4.39. The smallest absolute Gasteiger partial charge is 0.0198 e. The number of aryl methyl sites for hydroxylation is 2. The second-order valence-corrected chi connectivity index (χ2v) is 9.29. The molecule has 0 N–H and O–H groups in total. The number of allylic oxidation sites excluding steroid dienone is 5. The van der Waals surface area contributed by atoms with Crippen LogP contribution in [0.15, 0.2) is 54.9 Å². The molecule has 0 spiro atoms. The van der Waals surface area contributed by atoms with Crippen LogP contribution in [0.1, 0.15) is 87.5 Å². The quantitative estimate of drug-likeness (QED) is 0.212. The van der Waals surface area contributed by atoms with E-state index < -0.39 is 0 Å². The Morgan fingerprint density at radius 3 is 2.31 bits per heavy atom. The fourth-order valence-corrected chi connectivity index (χ4v) is 4.37. The maximum Gasteiger partial charge on any atom is -0.0198 e. The van der Waals surface area contributed by atoms with E-state index in [1.165, 1.54) is 78.3 Å². The lowest BCUT2D eigenvalue weighted by molar-refractivity contribution is 0.429. The molecule has 0 fully saturated rings. The van der Waals surface area contributed by atoms with E-state index in [0.717, 1.165) is 24.1 Å². The van der Waals surface area contributed by atoms with E-state index >= 15 is 0 Å². The van der Waals surface area contributed by atoms with E-state index in [9.17, 15) is 0 Å². The highest BCUT2D eigenvalue weighted by Crippen LogP contribution is 2.29. The number of rotatable bonds is 14. The molecule has 0 nitrogen and oxygen atoms in total. The molecule has 1 aromatic carbocycles. The van der Waals surface area contributed by atoms with Gasteiger partial charge in [-0.05, 0) is 97.0 Å². The summed E-state index contributed by atoms with van der Waals surface area (Å²) in [5.74, 6) is 0.739. The fraction of sp³-hybridized carbons (Fsp3) is 0.500. The van der Waals surface area contributed by atoms with Crippen LogP contribution in [-0.4, -0.2) is 0 Å². The van der Waals surface area contributed by atoms with Gasteiger partial charge in [-0.15, -0.1) is 9.24 Å². The highest BCUT2D eigenvalue weighted by molar-refractivity contribution is 7.22. The van der Waals surface area contributed by atoms with Gasteiger partial charge in [0, 0.05) is 0 Å². The number of hydrogen-bond acceptors (Lipinski definition) is 0. The fourth-order valence-electron chi connectivity index (χ4n) is 4.16. The summed E-state index contributed by atoms with van der Waals surface area (Å²) in [6.07, 6.45) is 14.9. The Balaban J connectivity index is 2.88. The molecular weight excluding hydrogens is 367 g/mol. The van der Waals surface area contributed by atoms with Gasteiger partial charge >= 0.3 is 0 Å². The van der Waals surface area contributed by atoms with Crippen LogP contribution in [0.25, 0.3) is 5.57 Å². The lowest BCUT2D eigenvalue weighted by Crippen LogP contribution is -2.07. The van der Waals surface area contributed by atoms with Crippen molar-refractivity contribution in [1.82, 2.24) is 0 Å². The van der Waals surface area contributed by atoms with Crippen molar-refractivity contribution in [2.45, 2.75) is 85.5 Å². The Hall–Kier alpha value is -1.39. The van der Waals surface area contributed by atoms with Gasteiger partial charge < -0.3 is 0 Å². The van der Waals surface area contributed by atoms with Crippen molar-refractivity contribution in [3.05, 3.63) is 77.2 Å². The molecule has 1 heteroatoms. The monoisotopic (exact) mass is 410 g/mol. The molecule has 0 saturated heterocycles. The van der Waals surface area contributed by atoms with Gasteiger partial charge in [0.25, 0.3) is 0 Å². The number of unbranched alkanes of at least 4 members (excludes halogenated alkanes) is 1. The van der Waals surface area contributed by atoms with Gasteiger partial charge in [0.2, 0.25) is 0 Å². The van der Waals surface area contributed by atoms with Gasteiger partial charge in [0.05, 0.1) is 0 Å². The highest BCUT2D eigenvalue weighted by atomic mass is 31.0. The third-order valence-electron chi connectivity index (χ3n) is 5.81. The first-order chi connectivity index (χ1) is 13.8. The molecular formula is C28H43P. The van der Waals surface area contributed by atoms with Crippen LogP contribution in [0.3, 0.4) is 0 Å². The van der Waals surface area contributed by atoms with E-state index in [0.29, 0.717) is 0 Å². The van der Waals surface area contributed by atoms with Crippen LogP contribution in [0.4, 0.5) is 0 Å². The molecule has 160 valence electrons. The van der Waals surface area contributed by atoms with Crippen LogP contribution in [-0.2, 0) is 6.42 Å². The SMILES string of the molecule is C=C/C(=C\C(=C)P)CCCC(CCC)Cc1cc(C(=C)CCCC)c(C)cc1C. The van der Waals surface area contributed by atoms with Crippen molar-refractivity contribution in [2.24, 2.45) is 5.92 Å². The zero-order chi connectivity index (χ0) is 21.8. The summed E-state index contributed by atoms with van der Waals surface area (Å²) >= 11 is 0. The van der Waals surface area contributed by atoms with E-state index in [1.54, 1.807) is 0 Å². The summed E-state index contributed by atoms with van der Waals surface area (Å²) < 4.78 is 0. The van der Waals surface area contributed by atoms with Crippen LogP contribution in [0.5, 0.6) is 0 Å². The van der Waals surface area contributed by atoms with Gasteiger partial charge in [-0.3, -0.25) is 0 Å². The molecule has 0 aliphatic rings. The number of hydrogen-bond donors (Lipinski definition) is 0. The zero-order valence-corrected chi connectivity index (χ0v) is 20.6. The largest absolute Gasteiger partial charge is 0.106 e. The van der Waals surface area contributed by atoms with E-state index in [1.807, 2.05) is 6.08 Å². The van der Waals surface area contributed by atoms with E-state index in [4.69, 9.17) is 0 Å². The first-order valence-electron chi connectivity index (χ1n) is 11.4. The van der Waals surface area contributed by atoms with Gasteiger partial charge in [-0.25, -0.2) is 0 Å².